The van der Waals surface area contributed by atoms with Crippen LogP contribution >= 0.6 is 11.3 Å². The highest BCUT2D eigenvalue weighted by atomic mass is 32.1. The van der Waals surface area contributed by atoms with Gasteiger partial charge in [-0.2, -0.15) is 0 Å². The number of anilines is 1. The van der Waals surface area contributed by atoms with E-state index in [4.69, 9.17) is 0 Å². The third kappa shape index (κ3) is 1.71. The lowest BCUT2D eigenvalue weighted by atomic mass is 10.0. The van der Waals surface area contributed by atoms with Crippen LogP contribution in [0.5, 0.6) is 0 Å². The van der Waals surface area contributed by atoms with Crippen molar-refractivity contribution in [2.45, 2.75) is 31.1 Å². The molecule has 4 heteroatoms. The van der Waals surface area contributed by atoms with Gasteiger partial charge < -0.3 is 5.32 Å². The van der Waals surface area contributed by atoms with Crippen molar-refractivity contribution < 1.29 is 0 Å². The van der Waals surface area contributed by atoms with Crippen LogP contribution in [0.3, 0.4) is 0 Å². The molecule has 1 heterocycles. The third-order valence-electron chi connectivity index (χ3n) is 5.06. The van der Waals surface area contributed by atoms with Gasteiger partial charge >= 0.3 is 0 Å². The smallest absolute Gasteiger partial charge is 0.205 e. The monoisotopic (exact) mass is 283 g/mol. The lowest BCUT2D eigenvalue weighted by Gasteiger charge is -2.07. The summed E-state index contributed by atoms with van der Waals surface area (Å²) in [4.78, 5) is 0. The molecule has 5 rings (SSSR count). The molecule has 2 fully saturated rings. The first-order valence-corrected chi connectivity index (χ1v) is 8.37. The van der Waals surface area contributed by atoms with Crippen LogP contribution < -0.4 is 5.32 Å². The number of hydrogen-bond donors (Lipinski definition) is 1. The van der Waals surface area contributed by atoms with E-state index in [-0.39, 0.29) is 0 Å². The largest absolute Gasteiger partial charge is 0.360 e. The Bertz CT molecular complexity index is 661. The highest BCUT2D eigenvalue weighted by Crippen LogP contribution is 2.61. The Hall–Kier alpha value is -1.42. The van der Waals surface area contributed by atoms with Crippen molar-refractivity contribution >= 4 is 16.5 Å². The van der Waals surface area contributed by atoms with E-state index in [2.05, 4.69) is 39.8 Å². The summed E-state index contributed by atoms with van der Waals surface area (Å²) in [7, 11) is 0. The molecular weight excluding hydrogens is 266 g/mol. The number of nitrogens with zero attached hydrogens (tertiary/aromatic N) is 2. The Morgan fingerprint density at radius 3 is 3.00 bits per heavy atom. The highest BCUT2D eigenvalue weighted by molar-refractivity contribution is 7.15. The Morgan fingerprint density at radius 1 is 1.20 bits per heavy atom. The normalized spacial score (nSPS) is 29.9. The van der Waals surface area contributed by atoms with Gasteiger partial charge in [-0.1, -0.05) is 35.6 Å². The van der Waals surface area contributed by atoms with Crippen LogP contribution in [0.1, 0.15) is 40.8 Å². The molecule has 0 radical (unpaired) electrons. The maximum absolute atomic E-state index is 4.29. The van der Waals surface area contributed by atoms with Crippen LogP contribution in [-0.4, -0.2) is 16.7 Å². The average Bonchev–Trinajstić information content (AvgIpc) is 3.35. The average molecular weight is 283 g/mol. The molecule has 1 N–H and O–H groups in total. The quantitative estimate of drug-likeness (QED) is 0.934. The number of nitrogens with one attached hydrogen (secondary N) is 1. The summed E-state index contributed by atoms with van der Waals surface area (Å²) < 4.78 is 0. The second kappa shape index (κ2) is 4.04. The summed E-state index contributed by atoms with van der Waals surface area (Å²) in [5.74, 6) is 3.19. The van der Waals surface area contributed by atoms with E-state index in [1.54, 1.807) is 22.5 Å². The predicted octanol–water partition coefficient (Wildman–Crippen LogP) is 3.41. The van der Waals surface area contributed by atoms with Crippen LogP contribution in [0.15, 0.2) is 24.3 Å². The minimum Gasteiger partial charge on any atom is -0.360 e. The molecule has 3 nitrogen and oxygen atoms in total. The maximum atomic E-state index is 4.29. The zero-order valence-electron chi connectivity index (χ0n) is 11.2. The zero-order valence-corrected chi connectivity index (χ0v) is 12.1. The van der Waals surface area contributed by atoms with E-state index < -0.39 is 0 Å². The topological polar surface area (TPSA) is 37.8 Å². The molecule has 3 unspecified atom stereocenters. The van der Waals surface area contributed by atoms with Gasteiger partial charge in [0.15, 0.2) is 0 Å². The van der Waals surface area contributed by atoms with Gasteiger partial charge in [-0.25, -0.2) is 0 Å². The van der Waals surface area contributed by atoms with E-state index in [0.717, 1.165) is 35.3 Å². The van der Waals surface area contributed by atoms with Crippen LogP contribution in [0.25, 0.3) is 0 Å². The number of fused-ring (bicyclic) bond motifs is 3. The SMILES string of the molecule is c1ccc2c(c1)CC1C(CNc3nnc(C4CC4)s3)C21. The van der Waals surface area contributed by atoms with Crippen molar-refractivity contribution in [3.05, 3.63) is 40.4 Å². The molecule has 3 aliphatic carbocycles. The van der Waals surface area contributed by atoms with E-state index in [1.807, 2.05) is 0 Å². The Morgan fingerprint density at radius 2 is 2.10 bits per heavy atom. The van der Waals surface area contributed by atoms with E-state index >= 15 is 0 Å². The van der Waals surface area contributed by atoms with Gasteiger partial charge in [0.05, 0.1) is 0 Å². The van der Waals surface area contributed by atoms with Gasteiger partial charge in [0.1, 0.15) is 5.01 Å². The molecule has 1 aromatic heterocycles. The second-order valence-corrected chi connectivity index (χ2v) is 7.37. The lowest BCUT2D eigenvalue weighted by molar-refractivity contribution is 0.718. The van der Waals surface area contributed by atoms with Crippen LogP contribution in [-0.2, 0) is 6.42 Å². The Balaban J connectivity index is 1.24. The van der Waals surface area contributed by atoms with Crippen molar-refractivity contribution in [1.82, 2.24) is 10.2 Å². The molecule has 0 bridgehead atoms. The van der Waals surface area contributed by atoms with Crippen molar-refractivity contribution in [1.29, 1.82) is 0 Å². The van der Waals surface area contributed by atoms with Crippen LogP contribution in [0.2, 0.25) is 0 Å². The molecule has 20 heavy (non-hydrogen) atoms. The lowest BCUT2D eigenvalue weighted by Crippen LogP contribution is -2.07. The van der Waals surface area contributed by atoms with E-state index in [1.165, 1.54) is 24.3 Å². The Kier molecular flexibility index (Phi) is 2.28. The number of benzene rings is 1. The number of hydrogen-bond acceptors (Lipinski definition) is 4. The van der Waals surface area contributed by atoms with Crippen molar-refractivity contribution in [2.75, 3.05) is 11.9 Å². The molecule has 0 spiro atoms. The molecule has 102 valence electrons. The number of rotatable bonds is 4. The van der Waals surface area contributed by atoms with Crippen molar-refractivity contribution in [3.8, 4) is 0 Å². The van der Waals surface area contributed by atoms with Gasteiger partial charge in [0, 0.05) is 12.5 Å². The fourth-order valence-electron chi connectivity index (χ4n) is 3.77. The van der Waals surface area contributed by atoms with E-state index in [9.17, 15) is 0 Å². The molecule has 1 aromatic carbocycles. The zero-order chi connectivity index (χ0) is 13.1. The highest BCUT2D eigenvalue weighted by Gasteiger charge is 2.54. The molecule has 0 saturated heterocycles. The van der Waals surface area contributed by atoms with Gasteiger partial charge in [0.2, 0.25) is 5.13 Å². The molecule has 3 atom stereocenters. The molecule has 0 aliphatic heterocycles. The molecular formula is C16H17N3S. The first kappa shape index (κ1) is 11.3. The summed E-state index contributed by atoms with van der Waals surface area (Å²) in [6.07, 6.45) is 3.88. The third-order valence-corrected chi connectivity index (χ3v) is 6.10. The van der Waals surface area contributed by atoms with Crippen molar-refractivity contribution in [3.63, 3.8) is 0 Å². The van der Waals surface area contributed by atoms with Crippen LogP contribution in [0, 0.1) is 11.8 Å². The Labute approximate surface area is 122 Å². The van der Waals surface area contributed by atoms with Crippen molar-refractivity contribution in [2.24, 2.45) is 11.8 Å². The summed E-state index contributed by atoms with van der Waals surface area (Å²) >= 11 is 1.75. The standard InChI is InChI=1S/C16H17N3S/c1-2-4-11-10(3-1)7-12-13(14(11)12)8-17-16-19-18-15(20-16)9-5-6-9/h1-4,9,12-14H,5-8H2,(H,17,19). The molecule has 2 aromatic rings. The summed E-state index contributed by atoms with van der Waals surface area (Å²) in [5.41, 5.74) is 3.17. The minimum absolute atomic E-state index is 0.718. The second-order valence-electron chi connectivity index (χ2n) is 6.36. The van der Waals surface area contributed by atoms with Gasteiger partial charge in [-0.05, 0) is 48.1 Å². The maximum Gasteiger partial charge on any atom is 0.205 e. The fourth-order valence-corrected chi connectivity index (χ4v) is 4.69. The van der Waals surface area contributed by atoms with Crippen LogP contribution in [0.4, 0.5) is 5.13 Å². The first-order valence-electron chi connectivity index (χ1n) is 7.55. The summed E-state index contributed by atoms with van der Waals surface area (Å²) in [6, 6.07) is 8.95. The number of aromatic nitrogens is 2. The first-order chi connectivity index (χ1) is 9.90. The predicted molar refractivity (Wildman–Crippen MR) is 80.2 cm³/mol. The molecule has 2 saturated carbocycles. The molecule has 3 aliphatic rings. The van der Waals surface area contributed by atoms with Gasteiger partial charge in [-0.15, -0.1) is 10.2 Å². The van der Waals surface area contributed by atoms with E-state index in [0.29, 0.717) is 0 Å². The fraction of sp³-hybridized carbons (Fsp3) is 0.500. The van der Waals surface area contributed by atoms with Gasteiger partial charge in [-0.3, -0.25) is 0 Å². The summed E-state index contributed by atoms with van der Waals surface area (Å²) in [6.45, 7) is 1.06. The minimum atomic E-state index is 0.718. The molecule has 0 amide bonds. The van der Waals surface area contributed by atoms with Gasteiger partial charge in [0.25, 0.3) is 0 Å². The summed E-state index contributed by atoms with van der Waals surface area (Å²) in [5, 5.41) is 14.3.